The van der Waals surface area contributed by atoms with Gasteiger partial charge in [0.25, 0.3) is 0 Å². The zero-order valence-corrected chi connectivity index (χ0v) is 17.7. The Hall–Kier alpha value is -1.97. The number of piperidine rings is 1. The van der Waals surface area contributed by atoms with Gasteiger partial charge in [-0.15, -0.1) is 11.3 Å². The number of carbonyl (C=O) groups excluding carboxylic acids is 1. The molecule has 0 saturated carbocycles. The SMILES string of the molecule is CCCS(=O)(=O)N1CCC[C@H](C(=O)Nc2nc(-c3ccccc3OC)cs2)C1. The number of aromatic nitrogens is 1. The summed E-state index contributed by atoms with van der Waals surface area (Å²) in [6.45, 7) is 2.56. The average molecular weight is 424 g/mol. The molecular weight excluding hydrogens is 398 g/mol. The van der Waals surface area contributed by atoms with Crippen LogP contribution in [0.4, 0.5) is 5.13 Å². The number of benzene rings is 1. The molecule has 152 valence electrons. The third kappa shape index (κ3) is 4.71. The van der Waals surface area contributed by atoms with E-state index in [1.807, 2.05) is 36.6 Å². The summed E-state index contributed by atoms with van der Waals surface area (Å²) >= 11 is 1.34. The maximum Gasteiger partial charge on any atom is 0.230 e. The van der Waals surface area contributed by atoms with Crippen molar-refractivity contribution in [2.24, 2.45) is 5.92 Å². The summed E-state index contributed by atoms with van der Waals surface area (Å²) in [7, 11) is -1.68. The van der Waals surface area contributed by atoms with Gasteiger partial charge in [0.15, 0.2) is 5.13 Å². The van der Waals surface area contributed by atoms with Crippen LogP contribution in [0.1, 0.15) is 26.2 Å². The molecule has 3 rings (SSSR count). The number of anilines is 1. The zero-order valence-electron chi connectivity index (χ0n) is 16.1. The van der Waals surface area contributed by atoms with Crippen LogP contribution in [0.15, 0.2) is 29.6 Å². The Balaban J connectivity index is 1.68. The molecule has 0 spiro atoms. The van der Waals surface area contributed by atoms with Crippen LogP contribution in [-0.2, 0) is 14.8 Å². The van der Waals surface area contributed by atoms with Gasteiger partial charge < -0.3 is 10.1 Å². The molecule has 0 radical (unpaired) electrons. The number of nitrogens with one attached hydrogen (secondary N) is 1. The predicted molar refractivity (Wildman–Crippen MR) is 111 cm³/mol. The third-order valence-corrected chi connectivity index (χ3v) is 7.53. The summed E-state index contributed by atoms with van der Waals surface area (Å²) in [6, 6.07) is 7.57. The van der Waals surface area contributed by atoms with E-state index in [4.69, 9.17) is 4.74 Å². The van der Waals surface area contributed by atoms with E-state index in [-0.39, 0.29) is 24.1 Å². The number of ether oxygens (including phenoxy) is 1. The number of para-hydroxylation sites is 1. The van der Waals surface area contributed by atoms with Crippen LogP contribution in [0, 0.1) is 5.92 Å². The van der Waals surface area contributed by atoms with Crippen LogP contribution in [0.2, 0.25) is 0 Å². The van der Waals surface area contributed by atoms with Gasteiger partial charge in [0.05, 0.1) is 24.5 Å². The summed E-state index contributed by atoms with van der Waals surface area (Å²) in [5.41, 5.74) is 1.59. The fourth-order valence-corrected chi connectivity index (χ4v) is 5.62. The Morgan fingerprint density at radius 1 is 1.39 bits per heavy atom. The van der Waals surface area contributed by atoms with Crippen LogP contribution in [0.25, 0.3) is 11.3 Å². The van der Waals surface area contributed by atoms with Crippen molar-refractivity contribution in [3.63, 3.8) is 0 Å². The molecule has 9 heteroatoms. The molecule has 0 aliphatic carbocycles. The highest BCUT2D eigenvalue weighted by Crippen LogP contribution is 2.32. The summed E-state index contributed by atoms with van der Waals surface area (Å²) < 4.78 is 31.4. The Morgan fingerprint density at radius 3 is 2.93 bits per heavy atom. The minimum atomic E-state index is -3.29. The van der Waals surface area contributed by atoms with Gasteiger partial charge in [-0.3, -0.25) is 4.79 Å². The minimum Gasteiger partial charge on any atom is -0.496 e. The van der Waals surface area contributed by atoms with Crippen LogP contribution >= 0.6 is 11.3 Å². The molecule has 28 heavy (non-hydrogen) atoms. The van der Waals surface area contributed by atoms with Gasteiger partial charge >= 0.3 is 0 Å². The van der Waals surface area contributed by atoms with Crippen molar-refractivity contribution in [1.82, 2.24) is 9.29 Å². The number of methoxy groups -OCH3 is 1. The van der Waals surface area contributed by atoms with Crippen molar-refractivity contribution >= 4 is 32.4 Å². The molecule has 7 nitrogen and oxygen atoms in total. The van der Waals surface area contributed by atoms with Crippen molar-refractivity contribution < 1.29 is 17.9 Å². The Morgan fingerprint density at radius 2 is 2.18 bits per heavy atom. The van der Waals surface area contributed by atoms with E-state index in [0.29, 0.717) is 30.9 Å². The molecule has 1 amide bonds. The molecule has 1 fully saturated rings. The first-order chi connectivity index (χ1) is 13.4. The molecule has 1 N–H and O–H groups in total. The standard InChI is InChI=1S/C19H25N3O4S2/c1-3-11-28(24,25)22-10-6-7-14(12-22)18(23)21-19-20-16(13-27-19)15-8-4-5-9-17(15)26-2/h4-5,8-9,13-14H,3,6-7,10-12H2,1-2H3,(H,20,21,23)/t14-/m0/s1. The first-order valence-electron chi connectivity index (χ1n) is 9.32. The lowest BCUT2D eigenvalue weighted by Crippen LogP contribution is -2.44. The molecule has 1 atom stereocenters. The highest BCUT2D eigenvalue weighted by atomic mass is 32.2. The van der Waals surface area contributed by atoms with Crippen LogP contribution in [0.3, 0.4) is 0 Å². The average Bonchev–Trinajstić information content (AvgIpc) is 3.16. The second-order valence-corrected chi connectivity index (χ2v) is 9.69. The number of carbonyl (C=O) groups is 1. The fraction of sp³-hybridized carbons (Fsp3) is 0.474. The molecule has 1 aliphatic heterocycles. The Kier molecular flexibility index (Phi) is 6.69. The molecule has 1 aromatic carbocycles. The van der Waals surface area contributed by atoms with E-state index < -0.39 is 10.0 Å². The third-order valence-electron chi connectivity index (χ3n) is 4.73. The lowest BCUT2D eigenvalue weighted by atomic mass is 9.99. The number of sulfonamides is 1. The van der Waals surface area contributed by atoms with Crippen LogP contribution in [0.5, 0.6) is 5.75 Å². The second-order valence-electron chi connectivity index (χ2n) is 6.74. The Labute approximate surface area is 169 Å². The number of nitrogens with zero attached hydrogens (tertiary/aromatic N) is 2. The van der Waals surface area contributed by atoms with E-state index >= 15 is 0 Å². The molecule has 0 unspecified atom stereocenters. The maximum absolute atomic E-state index is 12.7. The van der Waals surface area contributed by atoms with Crippen LogP contribution < -0.4 is 10.1 Å². The number of hydrogen-bond acceptors (Lipinski definition) is 6. The monoisotopic (exact) mass is 423 g/mol. The number of thiazole rings is 1. The van der Waals surface area contributed by atoms with E-state index in [1.54, 1.807) is 7.11 Å². The van der Waals surface area contributed by atoms with Gasteiger partial charge in [-0.1, -0.05) is 19.1 Å². The fourth-order valence-electron chi connectivity index (χ4n) is 3.31. The van der Waals surface area contributed by atoms with Crippen molar-refractivity contribution in [1.29, 1.82) is 0 Å². The highest BCUT2D eigenvalue weighted by Gasteiger charge is 2.32. The normalized spacial score (nSPS) is 18.0. The summed E-state index contributed by atoms with van der Waals surface area (Å²) in [5.74, 6) is 0.293. The summed E-state index contributed by atoms with van der Waals surface area (Å²) in [5, 5.41) is 5.22. The van der Waals surface area contributed by atoms with Crippen molar-refractivity contribution in [3.8, 4) is 17.0 Å². The molecule has 1 aromatic heterocycles. The van der Waals surface area contributed by atoms with E-state index in [0.717, 1.165) is 17.0 Å². The molecule has 1 saturated heterocycles. The lowest BCUT2D eigenvalue weighted by Gasteiger charge is -2.30. The van der Waals surface area contributed by atoms with Crippen LogP contribution in [-0.4, -0.2) is 49.6 Å². The van der Waals surface area contributed by atoms with Gasteiger partial charge in [0.1, 0.15) is 5.75 Å². The number of rotatable bonds is 7. The topological polar surface area (TPSA) is 88.6 Å². The van der Waals surface area contributed by atoms with Gasteiger partial charge in [-0.25, -0.2) is 17.7 Å². The zero-order chi connectivity index (χ0) is 20.1. The summed E-state index contributed by atoms with van der Waals surface area (Å²) in [4.78, 5) is 17.2. The van der Waals surface area contributed by atoms with Gasteiger partial charge in [0.2, 0.25) is 15.9 Å². The van der Waals surface area contributed by atoms with Gasteiger partial charge in [-0.2, -0.15) is 0 Å². The Bertz CT molecular complexity index is 927. The molecule has 2 aromatic rings. The molecule has 2 heterocycles. The second kappa shape index (κ2) is 9.02. The van der Waals surface area contributed by atoms with Gasteiger partial charge in [0, 0.05) is 24.0 Å². The highest BCUT2D eigenvalue weighted by molar-refractivity contribution is 7.89. The smallest absolute Gasteiger partial charge is 0.230 e. The summed E-state index contributed by atoms with van der Waals surface area (Å²) in [6.07, 6.45) is 1.93. The van der Waals surface area contributed by atoms with Gasteiger partial charge in [-0.05, 0) is 31.4 Å². The van der Waals surface area contributed by atoms with E-state index in [9.17, 15) is 13.2 Å². The predicted octanol–water partition coefficient (Wildman–Crippen LogP) is 3.21. The van der Waals surface area contributed by atoms with Crippen molar-refractivity contribution in [3.05, 3.63) is 29.6 Å². The lowest BCUT2D eigenvalue weighted by molar-refractivity contribution is -0.120. The quantitative estimate of drug-likeness (QED) is 0.739. The maximum atomic E-state index is 12.7. The first-order valence-corrected chi connectivity index (χ1v) is 11.8. The number of hydrogen-bond donors (Lipinski definition) is 1. The van der Waals surface area contributed by atoms with Crippen molar-refractivity contribution in [2.45, 2.75) is 26.2 Å². The number of amides is 1. The molecule has 1 aliphatic rings. The largest absolute Gasteiger partial charge is 0.496 e. The van der Waals surface area contributed by atoms with E-state index in [2.05, 4.69) is 10.3 Å². The molecule has 0 bridgehead atoms. The molecular formula is C19H25N3O4S2. The van der Waals surface area contributed by atoms with E-state index in [1.165, 1.54) is 15.6 Å². The first kappa shape index (κ1) is 20.8. The van der Waals surface area contributed by atoms with Crippen molar-refractivity contribution in [2.75, 3.05) is 31.3 Å². The minimum absolute atomic E-state index is 0.121.